The van der Waals surface area contributed by atoms with Gasteiger partial charge in [0.2, 0.25) is 5.78 Å². The molecule has 0 aliphatic rings. The predicted octanol–water partition coefficient (Wildman–Crippen LogP) is 4.68. The topological polar surface area (TPSA) is 82.4 Å². The molecule has 6 rings (SSSR count). The summed E-state index contributed by atoms with van der Waals surface area (Å²) in [6, 6.07) is 19.9. The molecule has 0 spiro atoms. The fourth-order valence-corrected chi connectivity index (χ4v) is 5.47. The van der Waals surface area contributed by atoms with Crippen LogP contribution in [0.1, 0.15) is 24.0 Å². The van der Waals surface area contributed by atoms with Crippen LogP contribution in [0.5, 0.6) is 0 Å². The van der Waals surface area contributed by atoms with Crippen LogP contribution in [0.4, 0.5) is 0 Å². The summed E-state index contributed by atoms with van der Waals surface area (Å²) in [6.07, 6.45) is 0. The zero-order chi connectivity index (χ0) is 24.1. The van der Waals surface area contributed by atoms with Crippen LogP contribution in [-0.4, -0.2) is 33.8 Å². The van der Waals surface area contributed by atoms with E-state index in [0.717, 1.165) is 44.5 Å². The number of fused-ring (bicyclic) bond motifs is 4. The number of thioether (sulfide) groups is 1. The zero-order valence-electron chi connectivity index (χ0n) is 19.6. The highest BCUT2D eigenvalue weighted by molar-refractivity contribution is 7.98. The minimum Gasteiger partial charge on any atom is -0.277 e. The van der Waals surface area contributed by atoms with Crippen LogP contribution in [-0.2, 0) is 12.3 Å². The highest BCUT2D eigenvalue weighted by Gasteiger charge is 2.20. The van der Waals surface area contributed by atoms with E-state index in [4.69, 9.17) is 10.1 Å². The Balaban J connectivity index is 1.49. The average Bonchev–Trinajstić information content (AvgIpc) is 3.45. The lowest BCUT2D eigenvalue weighted by Crippen LogP contribution is -2.22. The molecular formula is C26H23N7OS. The summed E-state index contributed by atoms with van der Waals surface area (Å²) in [6.45, 7) is 6.55. The lowest BCUT2D eigenvalue weighted by molar-refractivity contribution is 0.735. The minimum absolute atomic E-state index is 0.0518. The van der Waals surface area contributed by atoms with Gasteiger partial charge in [-0.25, -0.2) is 9.50 Å². The van der Waals surface area contributed by atoms with Gasteiger partial charge in [-0.05, 0) is 44.5 Å². The summed E-state index contributed by atoms with van der Waals surface area (Å²) in [5.74, 6) is 1.83. The number of hydrogen-bond acceptors (Lipinski definition) is 6. The molecule has 0 radical (unpaired) electrons. The van der Waals surface area contributed by atoms with E-state index >= 15 is 0 Å². The standard InChI is InChI=1S/C26H23N7OS/c1-4-31-24(34)19-12-8-9-13-20(19)32-21(28-29-25(31)32)15-35-26-27-22(18-10-6-5-7-11-18)23-16(2)14-17(3)30-33(23)26/h5-14H,4,15H2,1-3H3. The van der Waals surface area contributed by atoms with E-state index in [2.05, 4.69) is 35.3 Å². The van der Waals surface area contributed by atoms with Crippen molar-refractivity contribution < 1.29 is 0 Å². The van der Waals surface area contributed by atoms with E-state index in [0.29, 0.717) is 23.5 Å². The van der Waals surface area contributed by atoms with Gasteiger partial charge in [0.25, 0.3) is 5.56 Å². The van der Waals surface area contributed by atoms with E-state index in [-0.39, 0.29) is 5.56 Å². The van der Waals surface area contributed by atoms with Crippen LogP contribution >= 0.6 is 11.8 Å². The van der Waals surface area contributed by atoms with Crippen molar-refractivity contribution in [1.82, 2.24) is 33.8 Å². The number of hydrogen-bond donors (Lipinski definition) is 0. The number of aryl methyl sites for hydroxylation is 3. The van der Waals surface area contributed by atoms with E-state index in [9.17, 15) is 4.79 Å². The summed E-state index contributed by atoms with van der Waals surface area (Å²) < 4.78 is 5.57. The van der Waals surface area contributed by atoms with Crippen LogP contribution in [0.15, 0.2) is 70.6 Å². The SMILES string of the molecule is CCn1c(=O)c2ccccc2n2c(CSc3nc(-c4ccccc4)c4c(C)cc(C)nn34)nnc12. The first-order chi connectivity index (χ1) is 17.1. The Bertz CT molecular complexity index is 1780. The maximum atomic E-state index is 13.0. The van der Waals surface area contributed by atoms with E-state index in [1.54, 1.807) is 16.3 Å². The van der Waals surface area contributed by atoms with Gasteiger partial charge in [-0.3, -0.25) is 13.8 Å². The second kappa shape index (κ2) is 8.35. The number of imidazole rings is 1. The normalized spacial score (nSPS) is 11.7. The molecule has 0 bridgehead atoms. The molecule has 4 heterocycles. The molecule has 0 fully saturated rings. The Hall–Kier alpha value is -3.98. The molecule has 9 heteroatoms. The first-order valence-electron chi connectivity index (χ1n) is 11.5. The summed E-state index contributed by atoms with van der Waals surface area (Å²) in [5.41, 5.74) is 5.78. The lowest BCUT2D eigenvalue weighted by atomic mass is 10.1. The molecule has 8 nitrogen and oxygen atoms in total. The molecule has 174 valence electrons. The van der Waals surface area contributed by atoms with Gasteiger partial charge in [0, 0.05) is 12.1 Å². The molecule has 0 aliphatic carbocycles. The van der Waals surface area contributed by atoms with Crippen molar-refractivity contribution in [2.24, 2.45) is 0 Å². The fraction of sp³-hybridized carbons (Fsp3) is 0.192. The third-order valence-corrected chi connectivity index (χ3v) is 7.08. The Morgan fingerprint density at radius 2 is 1.74 bits per heavy atom. The number of aromatic nitrogens is 7. The van der Waals surface area contributed by atoms with Crippen LogP contribution < -0.4 is 5.56 Å². The quantitative estimate of drug-likeness (QED) is 0.333. The molecule has 0 amide bonds. The smallest absolute Gasteiger partial charge is 0.262 e. The second-order valence-corrected chi connectivity index (χ2v) is 9.39. The largest absolute Gasteiger partial charge is 0.277 e. The maximum absolute atomic E-state index is 13.0. The first kappa shape index (κ1) is 21.5. The van der Waals surface area contributed by atoms with Gasteiger partial charge in [-0.15, -0.1) is 10.2 Å². The average molecular weight is 482 g/mol. The van der Waals surface area contributed by atoms with Gasteiger partial charge < -0.3 is 0 Å². The van der Waals surface area contributed by atoms with E-state index < -0.39 is 0 Å². The Morgan fingerprint density at radius 3 is 2.54 bits per heavy atom. The van der Waals surface area contributed by atoms with Crippen LogP contribution in [0.25, 0.3) is 33.5 Å². The van der Waals surface area contributed by atoms with Gasteiger partial charge in [-0.1, -0.05) is 54.2 Å². The van der Waals surface area contributed by atoms with Gasteiger partial charge >= 0.3 is 0 Å². The number of benzene rings is 2. The summed E-state index contributed by atoms with van der Waals surface area (Å²) in [7, 11) is 0. The molecule has 0 saturated carbocycles. The van der Waals surface area contributed by atoms with Crippen LogP contribution in [0.3, 0.4) is 0 Å². The second-order valence-electron chi connectivity index (χ2n) is 8.45. The van der Waals surface area contributed by atoms with E-state index in [1.165, 1.54) is 0 Å². The van der Waals surface area contributed by atoms with Gasteiger partial charge in [0.05, 0.1) is 33.6 Å². The summed E-state index contributed by atoms with van der Waals surface area (Å²) >= 11 is 1.56. The van der Waals surface area contributed by atoms with Crippen molar-refractivity contribution >= 4 is 34.0 Å². The van der Waals surface area contributed by atoms with Crippen LogP contribution in [0.2, 0.25) is 0 Å². The Labute approximate surface area is 205 Å². The third-order valence-electron chi connectivity index (χ3n) is 6.15. The monoisotopic (exact) mass is 481 g/mol. The summed E-state index contributed by atoms with van der Waals surface area (Å²) in [4.78, 5) is 18.0. The Kier molecular flexibility index (Phi) is 5.14. The molecule has 0 saturated heterocycles. The molecule has 4 aromatic heterocycles. The predicted molar refractivity (Wildman–Crippen MR) is 138 cm³/mol. The maximum Gasteiger partial charge on any atom is 0.262 e. The van der Waals surface area contributed by atoms with Crippen molar-refractivity contribution in [3.63, 3.8) is 0 Å². The lowest BCUT2D eigenvalue weighted by Gasteiger charge is -2.09. The van der Waals surface area contributed by atoms with Crippen molar-refractivity contribution in [3.05, 3.63) is 88.1 Å². The molecule has 35 heavy (non-hydrogen) atoms. The highest BCUT2D eigenvalue weighted by atomic mass is 32.2. The summed E-state index contributed by atoms with van der Waals surface area (Å²) in [5, 5.41) is 15.1. The number of para-hydroxylation sites is 1. The molecule has 6 aromatic rings. The van der Waals surface area contributed by atoms with E-state index in [1.807, 2.05) is 65.2 Å². The highest BCUT2D eigenvalue weighted by Crippen LogP contribution is 2.32. The molecular weight excluding hydrogens is 458 g/mol. The van der Waals surface area contributed by atoms with Gasteiger partial charge in [-0.2, -0.15) is 5.10 Å². The first-order valence-corrected chi connectivity index (χ1v) is 12.5. The molecule has 0 atom stereocenters. The number of nitrogens with zero attached hydrogens (tertiary/aromatic N) is 7. The third kappa shape index (κ3) is 3.42. The molecule has 0 N–H and O–H groups in total. The van der Waals surface area contributed by atoms with Gasteiger partial charge in [0.1, 0.15) is 5.82 Å². The Morgan fingerprint density at radius 1 is 0.971 bits per heavy atom. The van der Waals surface area contributed by atoms with Crippen LogP contribution in [0, 0.1) is 13.8 Å². The van der Waals surface area contributed by atoms with Gasteiger partial charge in [0.15, 0.2) is 5.16 Å². The molecule has 0 unspecified atom stereocenters. The zero-order valence-corrected chi connectivity index (χ0v) is 20.5. The molecule has 2 aromatic carbocycles. The number of rotatable bonds is 5. The van der Waals surface area contributed by atoms with Crippen molar-refractivity contribution in [2.75, 3.05) is 0 Å². The minimum atomic E-state index is -0.0518. The van der Waals surface area contributed by atoms with Crippen molar-refractivity contribution in [1.29, 1.82) is 0 Å². The molecule has 0 aliphatic heterocycles. The van der Waals surface area contributed by atoms with Crippen molar-refractivity contribution in [3.8, 4) is 11.3 Å². The fourth-order valence-electron chi connectivity index (χ4n) is 4.62. The van der Waals surface area contributed by atoms with Crippen molar-refractivity contribution in [2.45, 2.75) is 38.2 Å².